The molecule has 0 fully saturated rings. The minimum atomic E-state index is 0. The summed E-state index contributed by atoms with van der Waals surface area (Å²) in [4.78, 5) is 14.3. The number of nitrogens with zero attached hydrogens (tertiary/aromatic N) is 1. The number of methoxy groups -OCH3 is 1. The number of hydrogen-bond donors (Lipinski definition) is 1. The fourth-order valence-electron chi connectivity index (χ4n) is 2.35. The van der Waals surface area contributed by atoms with Gasteiger partial charge in [0.25, 0.3) is 0 Å². The summed E-state index contributed by atoms with van der Waals surface area (Å²) < 4.78 is 5.10. The average molecular weight is 349 g/mol. The van der Waals surface area contributed by atoms with Crippen molar-refractivity contribution >= 4 is 24.0 Å². The third-order valence-corrected chi connectivity index (χ3v) is 3.73. The molecule has 0 saturated carbocycles. The summed E-state index contributed by atoms with van der Waals surface area (Å²) in [7, 11) is 1.62. The van der Waals surface area contributed by atoms with Gasteiger partial charge in [-0.3, -0.25) is 9.69 Å². The first-order valence-corrected chi connectivity index (χ1v) is 7.91. The van der Waals surface area contributed by atoms with E-state index in [1.807, 2.05) is 42.5 Å². The molecule has 0 saturated heterocycles. The topological polar surface area (TPSA) is 41.6 Å². The summed E-state index contributed by atoms with van der Waals surface area (Å²) in [5.41, 5.74) is 2.06. The van der Waals surface area contributed by atoms with Gasteiger partial charge in [0.15, 0.2) is 0 Å². The smallest absolute Gasteiger partial charge is 0.225 e. The van der Waals surface area contributed by atoms with Gasteiger partial charge in [-0.2, -0.15) is 0 Å². The lowest BCUT2D eigenvalue weighted by Crippen LogP contribution is -2.27. The second-order valence-electron chi connectivity index (χ2n) is 5.38. The molecule has 2 rings (SSSR count). The molecule has 5 heteroatoms. The highest BCUT2D eigenvalue weighted by molar-refractivity contribution is 5.90. The molecule has 0 spiro atoms. The number of carbonyl (C=O) groups excluding carboxylic acids is 1. The maximum absolute atomic E-state index is 12.1. The Morgan fingerprint density at radius 2 is 1.75 bits per heavy atom. The number of amides is 1. The highest BCUT2D eigenvalue weighted by Gasteiger charge is 2.08. The SMILES string of the molecule is CCN(CCC(=O)Nc1ccc(OC)cc1)Cc1ccccc1.Cl. The fourth-order valence-corrected chi connectivity index (χ4v) is 2.35. The van der Waals surface area contributed by atoms with Crippen molar-refractivity contribution in [3.8, 4) is 5.75 Å². The van der Waals surface area contributed by atoms with Crippen LogP contribution in [0.2, 0.25) is 0 Å². The summed E-state index contributed by atoms with van der Waals surface area (Å²) in [6, 6.07) is 17.7. The van der Waals surface area contributed by atoms with Crippen LogP contribution >= 0.6 is 12.4 Å². The first-order chi connectivity index (χ1) is 11.2. The highest BCUT2D eigenvalue weighted by Crippen LogP contribution is 2.15. The second kappa shape index (κ2) is 10.7. The van der Waals surface area contributed by atoms with Crippen molar-refractivity contribution in [2.24, 2.45) is 0 Å². The first kappa shape index (κ1) is 20.0. The molecular formula is C19H25ClN2O2. The lowest BCUT2D eigenvalue weighted by molar-refractivity contribution is -0.116. The van der Waals surface area contributed by atoms with Crippen molar-refractivity contribution in [2.75, 3.05) is 25.5 Å². The molecule has 0 aliphatic heterocycles. The van der Waals surface area contributed by atoms with Crippen LogP contribution in [0.15, 0.2) is 54.6 Å². The minimum absolute atomic E-state index is 0. The number of anilines is 1. The summed E-state index contributed by atoms with van der Waals surface area (Å²) in [5, 5.41) is 2.92. The first-order valence-electron chi connectivity index (χ1n) is 7.91. The predicted octanol–water partition coefficient (Wildman–Crippen LogP) is 3.97. The maximum Gasteiger partial charge on any atom is 0.225 e. The largest absolute Gasteiger partial charge is 0.497 e. The molecule has 4 nitrogen and oxygen atoms in total. The average Bonchev–Trinajstić information content (AvgIpc) is 2.60. The van der Waals surface area contributed by atoms with Gasteiger partial charge in [-0.05, 0) is 36.4 Å². The Bertz CT molecular complexity index is 603. The molecular weight excluding hydrogens is 324 g/mol. The van der Waals surface area contributed by atoms with E-state index >= 15 is 0 Å². The van der Waals surface area contributed by atoms with Crippen LogP contribution in [-0.4, -0.2) is 31.0 Å². The minimum Gasteiger partial charge on any atom is -0.497 e. The molecule has 1 N–H and O–H groups in total. The quantitative estimate of drug-likeness (QED) is 0.784. The Morgan fingerprint density at radius 3 is 2.33 bits per heavy atom. The van der Waals surface area contributed by atoms with Crippen molar-refractivity contribution in [1.29, 1.82) is 0 Å². The van der Waals surface area contributed by atoms with Gasteiger partial charge in [0, 0.05) is 25.2 Å². The van der Waals surface area contributed by atoms with E-state index in [1.54, 1.807) is 7.11 Å². The molecule has 0 aliphatic carbocycles. The van der Waals surface area contributed by atoms with Gasteiger partial charge < -0.3 is 10.1 Å². The molecule has 2 aromatic rings. The Kier molecular flexibility index (Phi) is 8.90. The predicted molar refractivity (Wildman–Crippen MR) is 101 cm³/mol. The summed E-state index contributed by atoms with van der Waals surface area (Å²) in [6.07, 6.45) is 0.479. The van der Waals surface area contributed by atoms with Crippen LogP contribution in [0, 0.1) is 0 Å². The van der Waals surface area contributed by atoms with E-state index in [-0.39, 0.29) is 18.3 Å². The summed E-state index contributed by atoms with van der Waals surface area (Å²) in [6.45, 7) is 4.65. The van der Waals surface area contributed by atoms with E-state index in [4.69, 9.17) is 4.74 Å². The molecule has 24 heavy (non-hydrogen) atoms. The van der Waals surface area contributed by atoms with Crippen LogP contribution in [0.1, 0.15) is 18.9 Å². The van der Waals surface area contributed by atoms with Gasteiger partial charge in [-0.15, -0.1) is 12.4 Å². The molecule has 0 aromatic heterocycles. The van der Waals surface area contributed by atoms with Crippen LogP contribution in [0.25, 0.3) is 0 Å². The van der Waals surface area contributed by atoms with E-state index in [9.17, 15) is 4.79 Å². The van der Waals surface area contributed by atoms with Crippen molar-refractivity contribution in [1.82, 2.24) is 4.90 Å². The van der Waals surface area contributed by atoms with E-state index in [0.717, 1.165) is 31.1 Å². The van der Waals surface area contributed by atoms with Gasteiger partial charge in [0.2, 0.25) is 5.91 Å². The number of nitrogens with one attached hydrogen (secondary N) is 1. The van der Waals surface area contributed by atoms with Gasteiger partial charge in [0.1, 0.15) is 5.75 Å². The van der Waals surface area contributed by atoms with Crippen molar-refractivity contribution in [3.05, 3.63) is 60.2 Å². The summed E-state index contributed by atoms with van der Waals surface area (Å²) >= 11 is 0. The zero-order chi connectivity index (χ0) is 16.5. The zero-order valence-corrected chi connectivity index (χ0v) is 15.0. The van der Waals surface area contributed by atoms with Gasteiger partial charge in [-0.1, -0.05) is 37.3 Å². The third kappa shape index (κ3) is 6.60. The Labute approximate surface area is 150 Å². The maximum atomic E-state index is 12.1. The van der Waals surface area contributed by atoms with Crippen LogP contribution < -0.4 is 10.1 Å². The van der Waals surface area contributed by atoms with E-state index in [0.29, 0.717) is 6.42 Å². The van der Waals surface area contributed by atoms with Crippen LogP contribution in [0.5, 0.6) is 5.75 Å². The standard InChI is InChI=1S/C19H24N2O2.ClH/c1-3-21(15-16-7-5-4-6-8-16)14-13-19(22)20-17-9-11-18(23-2)12-10-17;/h4-12H,3,13-15H2,1-2H3,(H,20,22);1H. The number of ether oxygens (including phenoxy) is 1. The lowest BCUT2D eigenvalue weighted by atomic mass is 10.2. The molecule has 0 radical (unpaired) electrons. The molecule has 0 aliphatic rings. The highest BCUT2D eigenvalue weighted by atomic mass is 35.5. The number of halogens is 1. The normalized spacial score (nSPS) is 10.1. The fraction of sp³-hybridized carbons (Fsp3) is 0.316. The lowest BCUT2D eigenvalue weighted by Gasteiger charge is -2.20. The molecule has 0 unspecified atom stereocenters. The van der Waals surface area contributed by atoms with Crippen molar-refractivity contribution in [3.63, 3.8) is 0 Å². The van der Waals surface area contributed by atoms with E-state index in [1.165, 1.54) is 5.56 Å². The monoisotopic (exact) mass is 348 g/mol. The Hall–Kier alpha value is -2.04. The second-order valence-corrected chi connectivity index (χ2v) is 5.38. The number of rotatable bonds is 8. The molecule has 0 heterocycles. The van der Waals surface area contributed by atoms with Crippen LogP contribution in [0.3, 0.4) is 0 Å². The Morgan fingerprint density at radius 1 is 1.08 bits per heavy atom. The van der Waals surface area contributed by atoms with Crippen molar-refractivity contribution in [2.45, 2.75) is 19.9 Å². The summed E-state index contributed by atoms with van der Waals surface area (Å²) in [5.74, 6) is 0.810. The molecule has 1 amide bonds. The molecule has 0 atom stereocenters. The van der Waals surface area contributed by atoms with Gasteiger partial charge in [0.05, 0.1) is 7.11 Å². The zero-order valence-electron chi connectivity index (χ0n) is 14.2. The Balaban J connectivity index is 0.00000288. The van der Waals surface area contributed by atoms with Crippen LogP contribution in [0.4, 0.5) is 5.69 Å². The molecule has 2 aromatic carbocycles. The van der Waals surface area contributed by atoms with E-state index in [2.05, 4.69) is 29.3 Å². The number of hydrogen-bond acceptors (Lipinski definition) is 3. The van der Waals surface area contributed by atoms with Gasteiger partial charge >= 0.3 is 0 Å². The third-order valence-electron chi connectivity index (χ3n) is 3.73. The number of carbonyl (C=O) groups is 1. The number of benzene rings is 2. The molecule has 130 valence electrons. The van der Waals surface area contributed by atoms with Crippen molar-refractivity contribution < 1.29 is 9.53 Å². The van der Waals surface area contributed by atoms with Crippen LogP contribution in [-0.2, 0) is 11.3 Å². The molecule has 0 bridgehead atoms. The van der Waals surface area contributed by atoms with Gasteiger partial charge in [-0.25, -0.2) is 0 Å². The van der Waals surface area contributed by atoms with E-state index < -0.39 is 0 Å².